The molecular weight excluding hydrogens is 459 g/mol. The third-order valence-corrected chi connectivity index (χ3v) is 6.25. The molecule has 0 fully saturated rings. The number of pyridine rings is 1. The van der Waals surface area contributed by atoms with Gasteiger partial charge in [-0.05, 0) is 72.6 Å². The second-order valence-corrected chi connectivity index (χ2v) is 8.64. The van der Waals surface area contributed by atoms with Crippen molar-refractivity contribution in [2.45, 2.75) is 25.9 Å². The standard InChI is InChI=1S/C25H22ClFN4OS/c1-2-23(24(32)29-15-17-11-13-28-14-12-17)31(21-9-5-19(26)6-10-21)25-30-22(16-33-25)18-3-7-20(27)8-4-18/h3-14,16,23H,2,15H2,1H3,(H,29,32)/t23-/m1/s1. The quantitative estimate of drug-likeness (QED) is 0.324. The minimum Gasteiger partial charge on any atom is -0.350 e. The summed E-state index contributed by atoms with van der Waals surface area (Å²) in [5.41, 5.74) is 3.32. The summed E-state index contributed by atoms with van der Waals surface area (Å²) in [5, 5.41) is 6.22. The molecule has 0 unspecified atom stereocenters. The average Bonchev–Trinajstić information content (AvgIpc) is 3.32. The maximum atomic E-state index is 13.3. The molecule has 0 aliphatic rings. The van der Waals surface area contributed by atoms with E-state index < -0.39 is 6.04 Å². The SMILES string of the molecule is CC[C@H](C(=O)NCc1ccncc1)N(c1ccc(Cl)cc1)c1nc(-c2ccc(F)cc2)cs1. The monoisotopic (exact) mass is 480 g/mol. The van der Waals surface area contributed by atoms with Crippen molar-refractivity contribution in [1.29, 1.82) is 0 Å². The van der Waals surface area contributed by atoms with Crippen molar-refractivity contribution < 1.29 is 9.18 Å². The van der Waals surface area contributed by atoms with E-state index in [0.717, 1.165) is 22.5 Å². The molecule has 168 valence electrons. The number of hydrogen-bond donors (Lipinski definition) is 1. The molecule has 4 aromatic rings. The number of carbonyl (C=O) groups excluding carboxylic acids is 1. The van der Waals surface area contributed by atoms with E-state index in [9.17, 15) is 9.18 Å². The van der Waals surface area contributed by atoms with E-state index in [1.165, 1.54) is 23.5 Å². The fourth-order valence-electron chi connectivity index (χ4n) is 3.45. The first-order valence-electron chi connectivity index (χ1n) is 10.5. The Bertz CT molecular complexity index is 1200. The summed E-state index contributed by atoms with van der Waals surface area (Å²) in [6.07, 6.45) is 3.97. The summed E-state index contributed by atoms with van der Waals surface area (Å²) in [4.78, 5) is 24.0. The Morgan fingerprint density at radius 3 is 2.45 bits per heavy atom. The Kier molecular flexibility index (Phi) is 7.32. The second-order valence-electron chi connectivity index (χ2n) is 7.37. The van der Waals surface area contributed by atoms with Gasteiger partial charge in [0.1, 0.15) is 11.9 Å². The fourth-order valence-corrected chi connectivity index (χ4v) is 4.48. The van der Waals surface area contributed by atoms with Crippen molar-refractivity contribution in [2.24, 2.45) is 0 Å². The first-order valence-corrected chi connectivity index (χ1v) is 11.7. The van der Waals surface area contributed by atoms with Gasteiger partial charge in [-0.3, -0.25) is 9.78 Å². The molecule has 0 aliphatic carbocycles. The summed E-state index contributed by atoms with van der Waals surface area (Å²) in [6.45, 7) is 2.37. The zero-order valence-corrected chi connectivity index (χ0v) is 19.5. The van der Waals surface area contributed by atoms with Gasteiger partial charge in [-0.25, -0.2) is 9.37 Å². The predicted octanol–water partition coefficient (Wildman–Crippen LogP) is 6.23. The van der Waals surface area contributed by atoms with Crippen LogP contribution in [-0.2, 0) is 11.3 Å². The van der Waals surface area contributed by atoms with E-state index >= 15 is 0 Å². The molecule has 0 aliphatic heterocycles. The van der Waals surface area contributed by atoms with Gasteiger partial charge in [-0.1, -0.05) is 18.5 Å². The van der Waals surface area contributed by atoms with Crippen LogP contribution in [0.4, 0.5) is 15.2 Å². The molecule has 4 rings (SSSR count). The lowest BCUT2D eigenvalue weighted by Gasteiger charge is -2.30. The Balaban J connectivity index is 1.65. The minimum absolute atomic E-state index is 0.109. The number of amides is 1. The van der Waals surface area contributed by atoms with Gasteiger partial charge < -0.3 is 10.2 Å². The molecule has 33 heavy (non-hydrogen) atoms. The molecule has 8 heteroatoms. The van der Waals surface area contributed by atoms with Gasteiger partial charge in [0.15, 0.2) is 5.13 Å². The van der Waals surface area contributed by atoms with Gasteiger partial charge >= 0.3 is 0 Å². The molecule has 0 bridgehead atoms. The average molecular weight is 481 g/mol. The topological polar surface area (TPSA) is 58.1 Å². The molecule has 1 N–H and O–H groups in total. The number of benzene rings is 2. The van der Waals surface area contributed by atoms with Gasteiger partial charge in [-0.15, -0.1) is 11.3 Å². The van der Waals surface area contributed by atoms with Crippen LogP contribution < -0.4 is 10.2 Å². The van der Waals surface area contributed by atoms with Crippen LogP contribution in [0.3, 0.4) is 0 Å². The molecule has 0 spiro atoms. The maximum absolute atomic E-state index is 13.3. The molecule has 2 aromatic carbocycles. The number of carbonyl (C=O) groups is 1. The highest BCUT2D eigenvalue weighted by Gasteiger charge is 2.28. The van der Waals surface area contributed by atoms with Crippen LogP contribution >= 0.6 is 22.9 Å². The highest BCUT2D eigenvalue weighted by atomic mass is 35.5. The summed E-state index contributed by atoms with van der Waals surface area (Å²) in [5.74, 6) is -0.406. The van der Waals surface area contributed by atoms with Crippen molar-refractivity contribution in [3.05, 3.63) is 94.8 Å². The maximum Gasteiger partial charge on any atom is 0.243 e. The van der Waals surface area contributed by atoms with Crippen LogP contribution in [0.2, 0.25) is 5.02 Å². The number of halogens is 2. The molecule has 2 aromatic heterocycles. The number of nitrogens with zero attached hydrogens (tertiary/aromatic N) is 3. The number of rotatable bonds is 8. The van der Waals surface area contributed by atoms with Crippen LogP contribution in [0.5, 0.6) is 0 Å². The number of thiazole rings is 1. The number of nitrogens with one attached hydrogen (secondary N) is 1. The van der Waals surface area contributed by atoms with Gasteiger partial charge in [-0.2, -0.15) is 0 Å². The smallest absolute Gasteiger partial charge is 0.243 e. The molecule has 2 heterocycles. The van der Waals surface area contributed by atoms with Crippen LogP contribution in [0.1, 0.15) is 18.9 Å². The highest BCUT2D eigenvalue weighted by molar-refractivity contribution is 7.14. The van der Waals surface area contributed by atoms with Gasteiger partial charge in [0.25, 0.3) is 0 Å². The van der Waals surface area contributed by atoms with Crippen molar-refractivity contribution >= 4 is 39.7 Å². The summed E-state index contributed by atoms with van der Waals surface area (Å²) in [6, 6.07) is 16.8. The third-order valence-electron chi connectivity index (χ3n) is 5.16. The fraction of sp³-hybridized carbons (Fsp3) is 0.160. The van der Waals surface area contributed by atoms with Crippen LogP contribution in [0.25, 0.3) is 11.3 Å². The first-order chi connectivity index (χ1) is 16.0. The first kappa shape index (κ1) is 22.9. The van der Waals surface area contributed by atoms with E-state index in [4.69, 9.17) is 16.6 Å². The Hall–Kier alpha value is -3.29. The molecule has 1 atom stereocenters. The van der Waals surface area contributed by atoms with E-state index in [2.05, 4.69) is 10.3 Å². The number of aromatic nitrogens is 2. The molecule has 0 saturated heterocycles. The molecule has 0 radical (unpaired) electrons. The largest absolute Gasteiger partial charge is 0.350 e. The zero-order chi connectivity index (χ0) is 23.2. The number of hydrogen-bond acceptors (Lipinski definition) is 5. The van der Waals surface area contributed by atoms with Crippen LogP contribution in [-0.4, -0.2) is 21.9 Å². The summed E-state index contributed by atoms with van der Waals surface area (Å²) < 4.78 is 13.3. The van der Waals surface area contributed by atoms with Gasteiger partial charge in [0.05, 0.1) is 5.69 Å². The van der Waals surface area contributed by atoms with Gasteiger partial charge in [0, 0.05) is 40.6 Å². The Morgan fingerprint density at radius 1 is 1.09 bits per heavy atom. The minimum atomic E-state index is -0.486. The molecule has 5 nitrogen and oxygen atoms in total. The van der Waals surface area contributed by atoms with Crippen molar-refractivity contribution in [3.8, 4) is 11.3 Å². The normalized spacial score (nSPS) is 11.7. The van der Waals surface area contributed by atoms with Crippen molar-refractivity contribution in [3.63, 3.8) is 0 Å². The Labute approximate surface area is 200 Å². The predicted molar refractivity (Wildman–Crippen MR) is 131 cm³/mol. The molecular formula is C25H22ClFN4OS. The molecule has 1 amide bonds. The van der Waals surface area contributed by atoms with Crippen LogP contribution in [0.15, 0.2) is 78.4 Å². The van der Waals surface area contributed by atoms with E-state index in [0.29, 0.717) is 23.1 Å². The Morgan fingerprint density at radius 2 is 1.79 bits per heavy atom. The van der Waals surface area contributed by atoms with Gasteiger partial charge in [0.2, 0.25) is 5.91 Å². The lowest BCUT2D eigenvalue weighted by Crippen LogP contribution is -2.44. The van der Waals surface area contributed by atoms with Crippen molar-refractivity contribution in [1.82, 2.24) is 15.3 Å². The number of anilines is 2. The van der Waals surface area contributed by atoms with E-state index in [-0.39, 0.29) is 11.7 Å². The molecule has 0 saturated carbocycles. The lowest BCUT2D eigenvalue weighted by molar-refractivity contribution is -0.122. The zero-order valence-electron chi connectivity index (χ0n) is 17.9. The second kappa shape index (κ2) is 10.6. The van der Waals surface area contributed by atoms with Crippen LogP contribution in [0, 0.1) is 5.82 Å². The van der Waals surface area contributed by atoms with E-state index in [1.807, 2.05) is 41.5 Å². The van der Waals surface area contributed by atoms with E-state index in [1.54, 1.807) is 36.7 Å². The highest BCUT2D eigenvalue weighted by Crippen LogP contribution is 2.35. The van der Waals surface area contributed by atoms with Crippen molar-refractivity contribution in [2.75, 3.05) is 4.90 Å². The summed E-state index contributed by atoms with van der Waals surface area (Å²) in [7, 11) is 0. The lowest BCUT2D eigenvalue weighted by atomic mass is 10.1. The third kappa shape index (κ3) is 5.56. The summed E-state index contributed by atoms with van der Waals surface area (Å²) >= 11 is 7.54.